The second-order valence-corrected chi connectivity index (χ2v) is 7.52. The van der Waals surface area contributed by atoms with Crippen molar-refractivity contribution >= 4 is 17.7 Å². The number of carbonyl (C=O) groups excluding carboxylic acids is 1. The molecule has 6 nitrogen and oxygen atoms in total. The lowest BCUT2D eigenvalue weighted by molar-refractivity contribution is -0.120. The SMILES string of the molecule is COc1ccccc1N(CCC#N)C(=O)CN1CCN(C/C=C/c2ccccc2)CC1. The van der Waals surface area contributed by atoms with E-state index in [0.717, 1.165) is 38.4 Å². The van der Waals surface area contributed by atoms with Crippen LogP contribution >= 0.6 is 0 Å². The number of piperazine rings is 1. The molecule has 0 saturated carbocycles. The van der Waals surface area contributed by atoms with Gasteiger partial charge in [-0.2, -0.15) is 5.26 Å². The standard InChI is InChI=1S/C25H30N4O2/c1-31-24-13-6-5-12-23(24)29(16-8-14-26)25(30)21-28-19-17-27(18-20-28)15-7-11-22-9-3-2-4-10-22/h2-7,9-13H,8,15-21H2,1H3/b11-7+. The maximum atomic E-state index is 13.1. The van der Waals surface area contributed by atoms with Crippen LogP contribution in [0, 0.1) is 11.3 Å². The van der Waals surface area contributed by atoms with Gasteiger partial charge in [0.2, 0.25) is 5.91 Å². The summed E-state index contributed by atoms with van der Waals surface area (Å²) in [6, 6.07) is 19.9. The molecule has 2 aromatic rings. The molecule has 1 fully saturated rings. The summed E-state index contributed by atoms with van der Waals surface area (Å²) in [4.78, 5) is 19.4. The molecule has 1 aliphatic rings. The van der Waals surface area contributed by atoms with E-state index in [1.807, 2.05) is 42.5 Å². The molecule has 0 atom stereocenters. The Labute approximate surface area is 184 Å². The van der Waals surface area contributed by atoms with Crippen molar-refractivity contribution in [3.63, 3.8) is 0 Å². The maximum Gasteiger partial charge on any atom is 0.241 e. The third-order valence-electron chi connectivity index (χ3n) is 5.42. The molecule has 6 heteroatoms. The fourth-order valence-electron chi connectivity index (χ4n) is 3.70. The van der Waals surface area contributed by atoms with E-state index < -0.39 is 0 Å². The van der Waals surface area contributed by atoms with Crippen LogP contribution in [0.5, 0.6) is 5.75 Å². The highest BCUT2D eigenvalue weighted by Crippen LogP contribution is 2.28. The first-order chi connectivity index (χ1) is 15.2. The second-order valence-electron chi connectivity index (χ2n) is 7.52. The molecular formula is C25H30N4O2. The van der Waals surface area contributed by atoms with Crippen LogP contribution in [0.4, 0.5) is 5.69 Å². The number of ether oxygens (including phenoxy) is 1. The van der Waals surface area contributed by atoms with Gasteiger partial charge in [0.05, 0.1) is 31.8 Å². The van der Waals surface area contributed by atoms with E-state index in [2.05, 4.69) is 40.2 Å². The fourth-order valence-corrected chi connectivity index (χ4v) is 3.70. The van der Waals surface area contributed by atoms with Crippen molar-refractivity contribution in [2.45, 2.75) is 6.42 Å². The lowest BCUT2D eigenvalue weighted by Crippen LogP contribution is -2.50. The Morgan fingerprint density at radius 1 is 1.06 bits per heavy atom. The minimum absolute atomic E-state index is 0.00262. The van der Waals surface area contributed by atoms with E-state index in [-0.39, 0.29) is 12.3 Å². The zero-order valence-corrected chi connectivity index (χ0v) is 18.1. The smallest absolute Gasteiger partial charge is 0.241 e. The number of rotatable bonds is 9. The zero-order chi connectivity index (χ0) is 21.9. The number of hydrogen-bond donors (Lipinski definition) is 0. The van der Waals surface area contributed by atoms with Gasteiger partial charge in [0.15, 0.2) is 0 Å². The third kappa shape index (κ3) is 6.68. The first-order valence-corrected chi connectivity index (χ1v) is 10.7. The molecule has 0 radical (unpaired) electrons. The van der Waals surface area contributed by atoms with Crippen molar-refractivity contribution < 1.29 is 9.53 Å². The number of anilines is 1. The summed E-state index contributed by atoms with van der Waals surface area (Å²) in [5.41, 5.74) is 1.93. The molecular weight excluding hydrogens is 388 g/mol. The average Bonchev–Trinajstić information content (AvgIpc) is 2.81. The number of nitrogens with zero attached hydrogens (tertiary/aromatic N) is 4. The van der Waals surface area contributed by atoms with Crippen LogP contribution in [-0.2, 0) is 4.79 Å². The summed E-state index contributed by atoms with van der Waals surface area (Å²) in [6.45, 7) is 5.17. The molecule has 1 amide bonds. The molecule has 3 rings (SSSR count). The number of para-hydroxylation sites is 2. The van der Waals surface area contributed by atoms with Gasteiger partial charge in [-0.1, -0.05) is 54.6 Å². The Balaban J connectivity index is 1.52. The quantitative estimate of drug-likeness (QED) is 0.626. The van der Waals surface area contributed by atoms with Crippen molar-refractivity contribution in [2.75, 3.05) is 57.8 Å². The van der Waals surface area contributed by atoms with Gasteiger partial charge in [0, 0.05) is 39.3 Å². The molecule has 162 valence electrons. The highest BCUT2D eigenvalue weighted by atomic mass is 16.5. The van der Waals surface area contributed by atoms with Crippen LogP contribution in [0.15, 0.2) is 60.7 Å². The summed E-state index contributed by atoms with van der Waals surface area (Å²) in [6.07, 6.45) is 4.63. The van der Waals surface area contributed by atoms with Gasteiger partial charge in [-0.25, -0.2) is 0 Å². The lowest BCUT2D eigenvalue weighted by Gasteiger charge is -2.35. The average molecular weight is 419 g/mol. The summed E-state index contributed by atoms with van der Waals surface area (Å²) in [5.74, 6) is 0.640. The van der Waals surface area contributed by atoms with Crippen LogP contribution in [-0.4, -0.2) is 68.6 Å². The van der Waals surface area contributed by atoms with Gasteiger partial charge in [-0.15, -0.1) is 0 Å². The summed E-state index contributed by atoms with van der Waals surface area (Å²) in [5, 5.41) is 9.02. The molecule has 1 heterocycles. The van der Waals surface area contributed by atoms with E-state index in [1.165, 1.54) is 5.56 Å². The van der Waals surface area contributed by atoms with Crippen molar-refractivity contribution in [3.8, 4) is 11.8 Å². The minimum atomic E-state index is -0.00262. The molecule has 0 spiro atoms. The number of amides is 1. The summed E-state index contributed by atoms with van der Waals surface area (Å²) in [7, 11) is 1.59. The lowest BCUT2D eigenvalue weighted by atomic mass is 10.2. The number of carbonyl (C=O) groups is 1. The molecule has 0 unspecified atom stereocenters. The van der Waals surface area contributed by atoms with Crippen molar-refractivity contribution in [1.29, 1.82) is 5.26 Å². The molecule has 0 aliphatic carbocycles. The van der Waals surface area contributed by atoms with Gasteiger partial charge in [0.1, 0.15) is 5.75 Å². The van der Waals surface area contributed by atoms with Crippen LogP contribution in [0.2, 0.25) is 0 Å². The zero-order valence-electron chi connectivity index (χ0n) is 18.1. The van der Waals surface area contributed by atoms with Crippen molar-refractivity contribution in [2.24, 2.45) is 0 Å². The first-order valence-electron chi connectivity index (χ1n) is 10.7. The van der Waals surface area contributed by atoms with Gasteiger partial charge >= 0.3 is 0 Å². The topological polar surface area (TPSA) is 59.8 Å². The molecule has 31 heavy (non-hydrogen) atoms. The predicted octanol–water partition coefficient (Wildman–Crippen LogP) is 3.27. The van der Waals surface area contributed by atoms with Gasteiger partial charge < -0.3 is 9.64 Å². The maximum absolute atomic E-state index is 13.1. The van der Waals surface area contributed by atoms with Gasteiger partial charge in [0.25, 0.3) is 0 Å². The number of benzene rings is 2. The van der Waals surface area contributed by atoms with E-state index >= 15 is 0 Å². The first kappa shape index (κ1) is 22.5. The minimum Gasteiger partial charge on any atom is -0.495 e. The number of nitriles is 1. The Hall–Kier alpha value is -3.14. The predicted molar refractivity (Wildman–Crippen MR) is 124 cm³/mol. The molecule has 0 aromatic heterocycles. The van der Waals surface area contributed by atoms with E-state index in [1.54, 1.807) is 12.0 Å². The summed E-state index contributed by atoms with van der Waals surface area (Å²) < 4.78 is 5.43. The Morgan fingerprint density at radius 3 is 2.45 bits per heavy atom. The monoisotopic (exact) mass is 418 g/mol. The molecule has 1 saturated heterocycles. The van der Waals surface area contributed by atoms with Crippen LogP contribution in [0.3, 0.4) is 0 Å². The number of methoxy groups -OCH3 is 1. The van der Waals surface area contributed by atoms with E-state index in [4.69, 9.17) is 10.00 Å². The molecule has 0 bridgehead atoms. The molecule has 2 aromatic carbocycles. The third-order valence-corrected chi connectivity index (χ3v) is 5.42. The highest BCUT2D eigenvalue weighted by molar-refractivity contribution is 5.96. The van der Waals surface area contributed by atoms with E-state index in [9.17, 15) is 4.79 Å². The van der Waals surface area contributed by atoms with Crippen LogP contribution < -0.4 is 9.64 Å². The second kappa shape index (κ2) is 11.9. The normalized spacial score (nSPS) is 15.0. The highest BCUT2D eigenvalue weighted by Gasteiger charge is 2.23. The van der Waals surface area contributed by atoms with Crippen LogP contribution in [0.1, 0.15) is 12.0 Å². The fraction of sp³-hybridized carbons (Fsp3) is 0.360. The molecule has 0 N–H and O–H groups in total. The molecule has 1 aliphatic heterocycles. The van der Waals surface area contributed by atoms with Crippen LogP contribution in [0.25, 0.3) is 6.08 Å². The largest absolute Gasteiger partial charge is 0.495 e. The van der Waals surface area contributed by atoms with Gasteiger partial charge in [-0.05, 0) is 17.7 Å². The van der Waals surface area contributed by atoms with Crippen molar-refractivity contribution in [3.05, 3.63) is 66.2 Å². The van der Waals surface area contributed by atoms with Gasteiger partial charge in [-0.3, -0.25) is 14.6 Å². The number of hydrogen-bond acceptors (Lipinski definition) is 5. The summed E-state index contributed by atoms with van der Waals surface area (Å²) >= 11 is 0. The van der Waals surface area contributed by atoms with E-state index in [0.29, 0.717) is 18.8 Å². The Morgan fingerprint density at radius 2 is 1.74 bits per heavy atom. The Bertz CT molecular complexity index is 899. The van der Waals surface area contributed by atoms with Crippen molar-refractivity contribution in [1.82, 2.24) is 9.80 Å². The Kier molecular flexibility index (Phi) is 8.65.